The fourth-order valence-corrected chi connectivity index (χ4v) is 1.82. The van der Waals surface area contributed by atoms with Gasteiger partial charge in [0.05, 0.1) is 17.2 Å². The molecule has 21 heavy (non-hydrogen) atoms. The molecule has 1 atom stereocenters. The van der Waals surface area contributed by atoms with Crippen molar-refractivity contribution in [2.75, 3.05) is 13.2 Å². The number of hydrogen-bond donors (Lipinski definition) is 2. The number of rotatable bonds is 8. The summed E-state index contributed by atoms with van der Waals surface area (Å²) in [6, 6.07) is 4.38. The number of carbonyl (C=O) groups is 3. The second-order valence-corrected chi connectivity index (χ2v) is 4.30. The first-order valence-corrected chi connectivity index (χ1v) is 6.23. The van der Waals surface area contributed by atoms with E-state index in [0.717, 1.165) is 0 Å². The van der Waals surface area contributed by atoms with Gasteiger partial charge in [-0.15, -0.1) is 0 Å². The molecule has 1 aromatic carbocycles. The molecule has 7 nitrogen and oxygen atoms in total. The quantitative estimate of drug-likeness (QED) is 0.411. The van der Waals surface area contributed by atoms with Crippen LogP contribution in [-0.4, -0.2) is 47.9 Å². The summed E-state index contributed by atoms with van der Waals surface area (Å²) in [4.78, 5) is 33.2. The molecule has 0 heterocycles. The third kappa shape index (κ3) is 4.88. The van der Waals surface area contributed by atoms with E-state index in [1.807, 2.05) is 0 Å². The highest BCUT2D eigenvalue weighted by Gasteiger charge is 2.21. The van der Waals surface area contributed by atoms with Crippen LogP contribution in [0.5, 0.6) is 0 Å². The fourth-order valence-electron chi connectivity index (χ4n) is 1.82. The van der Waals surface area contributed by atoms with Crippen molar-refractivity contribution in [3.8, 4) is 0 Å². The van der Waals surface area contributed by atoms with Crippen LogP contribution in [0.1, 0.15) is 33.2 Å². The van der Waals surface area contributed by atoms with Crippen molar-refractivity contribution >= 4 is 18.4 Å². The van der Waals surface area contributed by atoms with Crippen LogP contribution in [-0.2, 0) is 20.7 Å². The molecule has 0 aliphatic carbocycles. The molecule has 0 saturated heterocycles. The first kappa shape index (κ1) is 16.6. The standard InChI is InChI=1S/C14H16O7/c1-9(16)7-10-3-2-4-11(12(10)13(17)18)14(19)21-6-5-20-8-15/h2-4,8-9,16H,5-7H2,1H3,(H,17,18). The first-order valence-electron chi connectivity index (χ1n) is 6.23. The Labute approximate surface area is 121 Å². The zero-order valence-electron chi connectivity index (χ0n) is 11.4. The van der Waals surface area contributed by atoms with Gasteiger partial charge >= 0.3 is 11.9 Å². The highest BCUT2D eigenvalue weighted by Crippen LogP contribution is 2.18. The van der Waals surface area contributed by atoms with Crippen LogP contribution in [0.4, 0.5) is 0 Å². The number of ether oxygens (including phenoxy) is 2. The van der Waals surface area contributed by atoms with Crippen molar-refractivity contribution in [1.29, 1.82) is 0 Å². The zero-order chi connectivity index (χ0) is 15.8. The van der Waals surface area contributed by atoms with Crippen LogP contribution < -0.4 is 0 Å². The van der Waals surface area contributed by atoms with Crippen molar-refractivity contribution in [3.63, 3.8) is 0 Å². The molecule has 2 N–H and O–H groups in total. The molecular weight excluding hydrogens is 280 g/mol. The average molecular weight is 296 g/mol. The van der Waals surface area contributed by atoms with E-state index in [0.29, 0.717) is 5.56 Å². The molecule has 0 saturated carbocycles. The number of benzene rings is 1. The average Bonchev–Trinajstić information content (AvgIpc) is 2.42. The Hall–Kier alpha value is -2.41. The van der Waals surface area contributed by atoms with Crippen molar-refractivity contribution in [3.05, 3.63) is 34.9 Å². The van der Waals surface area contributed by atoms with Crippen molar-refractivity contribution < 1.29 is 34.1 Å². The number of carboxylic acid groups (broad SMARTS) is 1. The van der Waals surface area contributed by atoms with Gasteiger partial charge in [-0.2, -0.15) is 0 Å². The predicted octanol–water partition coefficient (Wildman–Crippen LogP) is 0.638. The molecule has 0 aliphatic rings. The molecule has 0 amide bonds. The number of esters is 1. The van der Waals surface area contributed by atoms with Gasteiger partial charge in [-0.05, 0) is 25.0 Å². The van der Waals surface area contributed by atoms with E-state index in [-0.39, 0.29) is 37.2 Å². The SMILES string of the molecule is CC(O)Cc1cccc(C(=O)OCCOC=O)c1C(=O)O. The van der Waals surface area contributed by atoms with Gasteiger partial charge < -0.3 is 19.7 Å². The van der Waals surface area contributed by atoms with Gasteiger partial charge in [-0.25, -0.2) is 9.59 Å². The summed E-state index contributed by atoms with van der Waals surface area (Å²) < 4.78 is 9.20. The lowest BCUT2D eigenvalue weighted by Gasteiger charge is -2.12. The van der Waals surface area contributed by atoms with Crippen molar-refractivity contribution in [2.45, 2.75) is 19.4 Å². The molecule has 0 aliphatic heterocycles. The molecule has 1 unspecified atom stereocenters. The van der Waals surface area contributed by atoms with Gasteiger partial charge in [0.1, 0.15) is 13.2 Å². The summed E-state index contributed by atoms with van der Waals surface area (Å²) in [7, 11) is 0. The summed E-state index contributed by atoms with van der Waals surface area (Å²) in [5.74, 6) is -2.10. The third-order valence-corrected chi connectivity index (χ3v) is 2.60. The molecule has 7 heteroatoms. The number of aliphatic hydroxyl groups is 1. The molecule has 1 rings (SSSR count). The lowest BCUT2D eigenvalue weighted by Crippen LogP contribution is -2.18. The van der Waals surface area contributed by atoms with Crippen molar-refractivity contribution in [2.24, 2.45) is 0 Å². The number of aliphatic hydroxyl groups excluding tert-OH is 1. The smallest absolute Gasteiger partial charge is 0.339 e. The van der Waals surface area contributed by atoms with Gasteiger partial charge in [-0.1, -0.05) is 12.1 Å². The number of hydrogen-bond acceptors (Lipinski definition) is 6. The van der Waals surface area contributed by atoms with E-state index < -0.39 is 18.0 Å². The lowest BCUT2D eigenvalue weighted by molar-refractivity contribution is -0.129. The maximum atomic E-state index is 11.9. The first-order chi connectivity index (χ1) is 9.97. The maximum Gasteiger partial charge on any atom is 0.339 e. The van der Waals surface area contributed by atoms with Crippen LogP contribution >= 0.6 is 0 Å². The molecular formula is C14H16O7. The maximum absolute atomic E-state index is 11.9. The minimum atomic E-state index is -1.28. The monoisotopic (exact) mass is 296 g/mol. The van der Waals surface area contributed by atoms with Gasteiger partial charge in [0.2, 0.25) is 0 Å². The van der Waals surface area contributed by atoms with E-state index in [4.69, 9.17) is 4.74 Å². The summed E-state index contributed by atoms with van der Waals surface area (Å²) in [5, 5.41) is 18.6. The van der Waals surface area contributed by atoms with Gasteiger partial charge in [-0.3, -0.25) is 4.79 Å². The Balaban J connectivity index is 2.97. The van der Waals surface area contributed by atoms with Crippen molar-refractivity contribution in [1.82, 2.24) is 0 Å². The van der Waals surface area contributed by atoms with Crippen LogP contribution in [0.15, 0.2) is 18.2 Å². The Morgan fingerprint density at radius 2 is 2.05 bits per heavy atom. The van der Waals surface area contributed by atoms with Gasteiger partial charge in [0.25, 0.3) is 6.47 Å². The summed E-state index contributed by atoms with van der Waals surface area (Å²) in [5.41, 5.74) is 0.0440. The molecule has 1 aromatic rings. The predicted molar refractivity (Wildman–Crippen MR) is 71.1 cm³/mol. The Kier molecular flexibility index (Phi) is 6.35. The van der Waals surface area contributed by atoms with E-state index in [9.17, 15) is 24.6 Å². The molecule has 0 spiro atoms. The summed E-state index contributed by atoms with van der Waals surface area (Å²) >= 11 is 0. The highest BCUT2D eigenvalue weighted by atomic mass is 16.6. The Morgan fingerprint density at radius 1 is 1.33 bits per heavy atom. The second kappa shape index (κ2) is 8.01. The zero-order valence-corrected chi connectivity index (χ0v) is 11.4. The van der Waals surface area contributed by atoms with E-state index in [1.54, 1.807) is 0 Å². The summed E-state index contributed by atoms with van der Waals surface area (Å²) in [6.45, 7) is 1.47. The number of carboxylic acids is 1. The minimum Gasteiger partial charge on any atom is -0.478 e. The molecule has 0 aromatic heterocycles. The normalized spacial score (nSPS) is 11.5. The second-order valence-electron chi connectivity index (χ2n) is 4.30. The van der Waals surface area contributed by atoms with Gasteiger partial charge in [0, 0.05) is 0 Å². The number of carbonyl (C=O) groups excluding carboxylic acids is 2. The fraction of sp³-hybridized carbons (Fsp3) is 0.357. The molecule has 0 radical (unpaired) electrons. The van der Waals surface area contributed by atoms with E-state index >= 15 is 0 Å². The Morgan fingerprint density at radius 3 is 2.62 bits per heavy atom. The lowest BCUT2D eigenvalue weighted by atomic mass is 9.97. The highest BCUT2D eigenvalue weighted by molar-refractivity contribution is 6.03. The summed E-state index contributed by atoms with van der Waals surface area (Å²) in [6.07, 6.45) is -0.632. The number of aromatic carboxylic acids is 1. The van der Waals surface area contributed by atoms with Crippen LogP contribution in [0.2, 0.25) is 0 Å². The van der Waals surface area contributed by atoms with E-state index in [2.05, 4.69) is 4.74 Å². The largest absolute Gasteiger partial charge is 0.478 e. The van der Waals surface area contributed by atoms with Crippen LogP contribution in [0.3, 0.4) is 0 Å². The van der Waals surface area contributed by atoms with Gasteiger partial charge in [0.15, 0.2) is 0 Å². The third-order valence-electron chi connectivity index (χ3n) is 2.60. The molecule has 0 bridgehead atoms. The molecule has 0 fully saturated rings. The van der Waals surface area contributed by atoms with Crippen LogP contribution in [0, 0.1) is 0 Å². The minimum absolute atomic E-state index is 0.105. The van der Waals surface area contributed by atoms with Crippen LogP contribution in [0.25, 0.3) is 0 Å². The topological polar surface area (TPSA) is 110 Å². The van der Waals surface area contributed by atoms with E-state index in [1.165, 1.54) is 25.1 Å². The molecule has 114 valence electrons. The Bertz CT molecular complexity index is 522.